The molecule has 0 aromatic heterocycles. The zero-order valence-electron chi connectivity index (χ0n) is 8.94. The van der Waals surface area contributed by atoms with Gasteiger partial charge in [0.05, 0.1) is 5.41 Å². The maximum Gasteiger partial charge on any atom is 0.310 e. The summed E-state index contributed by atoms with van der Waals surface area (Å²) in [5.74, 6) is -0.608. The summed E-state index contributed by atoms with van der Waals surface area (Å²) in [7, 11) is 0. The molecule has 0 unspecified atom stereocenters. The highest BCUT2D eigenvalue weighted by molar-refractivity contribution is 5.84. The molecule has 2 N–H and O–H groups in total. The van der Waals surface area contributed by atoms with Crippen molar-refractivity contribution in [3.63, 3.8) is 0 Å². The minimum atomic E-state index is -0.708. The zero-order chi connectivity index (χ0) is 11.3. The van der Waals surface area contributed by atoms with Crippen molar-refractivity contribution in [3.05, 3.63) is 0 Å². The Balaban J connectivity index is 1.51. The number of carboxylic acid groups (broad SMARTS) is 1. The number of nitrogens with one attached hydrogen (secondary N) is 1. The number of rotatable bonds is 3. The number of carboxylic acids is 1. The van der Waals surface area contributed by atoms with Gasteiger partial charge in [0.1, 0.15) is 6.10 Å². The normalized spacial score (nSPS) is 44.4. The molecule has 0 radical (unpaired) electrons. The van der Waals surface area contributed by atoms with Crippen LogP contribution < -0.4 is 5.32 Å². The van der Waals surface area contributed by atoms with E-state index in [-0.39, 0.29) is 24.0 Å². The van der Waals surface area contributed by atoms with Gasteiger partial charge in [-0.25, -0.2) is 0 Å². The largest absolute Gasteiger partial charge is 0.481 e. The third-order valence-corrected chi connectivity index (χ3v) is 4.18. The molecule has 0 spiro atoms. The van der Waals surface area contributed by atoms with Crippen LogP contribution in [0.5, 0.6) is 0 Å². The molecule has 1 amide bonds. The number of hydrogen-bond donors (Lipinski definition) is 2. The Hall–Kier alpha value is -1.10. The van der Waals surface area contributed by atoms with Crippen molar-refractivity contribution in [3.8, 4) is 0 Å². The summed E-state index contributed by atoms with van der Waals surface area (Å²) in [5.41, 5.74) is -0.492. The molecule has 4 atom stereocenters. The van der Waals surface area contributed by atoms with Gasteiger partial charge in [-0.15, -0.1) is 0 Å². The lowest BCUT2D eigenvalue weighted by atomic mass is 9.80. The molecule has 1 heterocycles. The van der Waals surface area contributed by atoms with Gasteiger partial charge in [-0.3, -0.25) is 9.59 Å². The lowest BCUT2D eigenvalue weighted by Crippen LogP contribution is -2.50. The monoisotopic (exact) mass is 225 g/mol. The summed E-state index contributed by atoms with van der Waals surface area (Å²) in [6, 6.07) is 0.0628. The van der Waals surface area contributed by atoms with Gasteiger partial charge in [0.2, 0.25) is 5.91 Å². The van der Waals surface area contributed by atoms with E-state index in [2.05, 4.69) is 5.32 Å². The number of fused-ring (bicyclic) bond motifs is 1. The van der Waals surface area contributed by atoms with Crippen molar-refractivity contribution >= 4 is 11.9 Å². The summed E-state index contributed by atoms with van der Waals surface area (Å²) in [6.07, 6.45) is 2.72. The van der Waals surface area contributed by atoms with Crippen molar-refractivity contribution in [2.24, 2.45) is 11.3 Å². The fraction of sp³-hybridized carbons (Fsp3) is 0.818. The number of carbonyl (C=O) groups excluding carboxylic acids is 1. The molecular formula is C11H15NO4. The Morgan fingerprint density at radius 2 is 2.19 bits per heavy atom. The van der Waals surface area contributed by atoms with Crippen LogP contribution >= 0.6 is 0 Å². The van der Waals surface area contributed by atoms with Gasteiger partial charge in [-0.1, -0.05) is 0 Å². The molecule has 2 aliphatic carbocycles. The minimum Gasteiger partial charge on any atom is -0.481 e. The van der Waals surface area contributed by atoms with E-state index < -0.39 is 11.4 Å². The quantitative estimate of drug-likeness (QED) is 0.716. The predicted molar refractivity (Wildman–Crippen MR) is 53.7 cm³/mol. The number of aliphatic carboxylic acids is 1. The van der Waals surface area contributed by atoms with Crippen LogP contribution in [-0.4, -0.2) is 35.7 Å². The number of carbonyl (C=O) groups is 2. The van der Waals surface area contributed by atoms with Crippen LogP contribution in [0.15, 0.2) is 0 Å². The van der Waals surface area contributed by atoms with Crippen LogP contribution in [0.1, 0.15) is 25.7 Å². The fourth-order valence-corrected chi connectivity index (χ4v) is 3.01. The Morgan fingerprint density at radius 3 is 2.69 bits per heavy atom. The molecule has 2 saturated carbocycles. The summed E-state index contributed by atoms with van der Waals surface area (Å²) in [5, 5.41) is 11.9. The van der Waals surface area contributed by atoms with Gasteiger partial charge in [-0.05, 0) is 31.6 Å². The van der Waals surface area contributed by atoms with E-state index in [0.29, 0.717) is 13.0 Å². The molecule has 0 aromatic carbocycles. The average molecular weight is 225 g/mol. The summed E-state index contributed by atoms with van der Waals surface area (Å²) in [6.45, 7) is 0.658. The van der Waals surface area contributed by atoms with Crippen LogP contribution in [0.4, 0.5) is 0 Å². The molecule has 3 fully saturated rings. The van der Waals surface area contributed by atoms with Crippen molar-refractivity contribution in [2.45, 2.75) is 37.8 Å². The number of hydrogen-bond acceptors (Lipinski definition) is 3. The molecule has 0 bridgehead atoms. The molecule has 88 valence electrons. The van der Waals surface area contributed by atoms with Crippen LogP contribution in [0.25, 0.3) is 0 Å². The predicted octanol–water partition coefficient (Wildman–Crippen LogP) is 0.145. The first-order valence-electron chi connectivity index (χ1n) is 5.79. The second-order valence-electron chi connectivity index (χ2n) is 5.09. The molecule has 3 aliphatic rings. The van der Waals surface area contributed by atoms with Crippen LogP contribution in [0, 0.1) is 11.3 Å². The third-order valence-electron chi connectivity index (χ3n) is 4.18. The second kappa shape index (κ2) is 3.20. The molecule has 1 saturated heterocycles. The molecule has 1 aliphatic heterocycles. The Labute approximate surface area is 93.2 Å². The highest BCUT2D eigenvalue weighted by atomic mass is 16.5. The van der Waals surface area contributed by atoms with Crippen molar-refractivity contribution < 1.29 is 19.4 Å². The van der Waals surface area contributed by atoms with Gasteiger partial charge in [0.25, 0.3) is 0 Å². The highest BCUT2D eigenvalue weighted by Crippen LogP contribution is 2.67. The minimum absolute atomic E-state index is 0.0617. The van der Waals surface area contributed by atoms with Gasteiger partial charge in [-0.2, -0.15) is 0 Å². The summed E-state index contributed by atoms with van der Waals surface area (Å²) >= 11 is 0. The van der Waals surface area contributed by atoms with E-state index >= 15 is 0 Å². The Kier molecular flexibility index (Phi) is 2.01. The first-order chi connectivity index (χ1) is 7.63. The first-order valence-corrected chi connectivity index (χ1v) is 5.79. The molecule has 16 heavy (non-hydrogen) atoms. The van der Waals surface area contributed by atoms with Crippen molar-refractivity contribution in [1.82, 2.24) is 5.32 Å². The number of amides is 1. The number of ether oxygens (including phenoxy) is 1. The summed E-state index contributed by atoms with van der Waals surface area (Å²) in [4.78, 5) is 22.6. The zero-order valence-corrected chi connectivity index (χ0v) is 8.94. The average Bonchev–Trinajstić information content (AvgIpc) is 2.67. The Bertz CT molecular complexity index is 350. The smallest absolute Gasteiger partial charge is 0.310 e. The van der Waals surface area contributed by atoms with Crippen molar-refractivity contribution in [1.29, 1.82) is 0 Å². The van der Waals surface area contributed by atoms with Crippen LogP contribution in [-0.2, 0) is 14.3 Å². The van der Waals surface area contributed by atoms with Gasteiger partial charge < -0.3 is 15.2 Å². The standard InChI is InChI=1S/C11H15NO4/c13-9(8-2-1-3-16-8)12-7-5-11(10(14)15)4-6(7)11/h6-8H,1-5H2,(H,12,13)(H,14,15)/t6-,7+,8-,11-/m0/s1. The van der Waals surface area contributed by atoms with E-state index in [9.17, 15) is 9.59 Å². The maximum absolute atomic E-state index is 11.7. The van der Waals surface area contributed by atoms with E-state index in [1.807, 2.05) is 0 Å². The Morgan fingerprint density at radius 1 is 1.38 bits per heavy atom. The molecular weight excluding hydrogens is 210 g/mol. The van der Waals surface area contributed by atoms with Gasteiger partial charge in [0.15, 0.2) is 0 Å². The highest BCUT2D eigenvalue weighted by Gasteiger charge is 2.72. The lowest BCUT2D eigenvalue weighted by molar-refractivity contribution is -0.148. The second-order valence-corrected chi connectivity index (χ2v) is 5.09. The van der Waals surface area contributed by atoms with E-state index in [0.717, 1.165) is 19.3 Å². The maximum atomic E-state index is 11.7. The van der Waals surface area contributed by atoms with E-state index in [4.69, 9.17) is 9.84 Å². The fourth-order valence-electron chi connectivity index (χ4n) is 3.01. The molecule has 3 rings (SSSR count). The van der Waals surface area contributed by atoms with Crippen molar-refractivity contribution in [2.75, 3.05) is 6.61 Å². The van der Waals surface area contributed by atoms with Gasteiger partial charge in [0, 0.05) is 12.6 Å². The SMILES string of the molecule is O=C(N[C@@H]1C[C@@]2(C(=O)O)C[C@@H]12)[C@@H]1CCCO1. The molecule has 0 aromatic rings. The third kappa shape index (κ3) is 1.27. The van der Waals surface area contributed by atoms with Crippen LogP contribution in [0.2, 0.25) is 0 Å². The molecule has 5 nitrogen and oxygen atoms in total. The first kappa shape index (κ1) is 10.1. The molecule has 5 heteroatoms. The van der Waals surface area contributed by atoms with Gasteiger partial charge >= 0.3 is 5.97 Å². The lowest BCUT2D eigenvalue weighted by Gasteiger charge is -2.32. The van der Waals surface area contributed by atoms with E-state index in [1.165, 1.54) is 0 Å². The topological polar surface area (TPSA) is 75.6 Å². The van der Waals surface area contributed by atoms with E-state index in [1.54, 1.807) is 0 Å². The van der Waals surface area contributed by atoms with Crippen LogP contribution in [0.3, 0.4) is 0 Å². The summed E-state index contributed by atoms with van der Waals surface area (Å²) < 4.78 is 5.28.